The number of hydrogen-bond donors (Lipinski definition) is 2. The van der Waals surface area contributed by atoms with E-state index >= 15 is 0 Å². The van der Waals surface area contributed by atoms with Gasteiger partial charge in [0.15, 0.2) is 5.82 Å². The van der Waals surface area contributed by atoms with E-state index in [4.69, 9.17) is 5.73 Å². The number of anilines is 3. The summed E-state index contributed by atoms with van der Waals surface area (Å²) in [6.07, 6.45) is -2.68. The van der Waals surface area contributed by atoms with E-state index in [0.29, 0.717) is 6.20 Å². The molecule has 128 valence electrons. The van der Waals surface area contributed by atoms with Gasteiger partial charge in [0.05, 0.1) is 23.0 Å². The number of rotatable bonds is 3. The molecule has 25 heavy (non-hydrogen) atoms. The Labute approximate surface area is 138 Å². The van der Waals surface area contributed by atoms with Crippen molar-refractivity contribution < 1.29 is 17.6 Å². The third-order valence-electron chi connectivity index (χ3n) is 3.09. The number of benzene rings is 1. The van der Waals surface area contributed by atoms with Crippen LogP contribution in [0.5, 0.6) is 0 Å². The van der Waals surface area contributed by atoms with Crippen molar-refractivity contribution in [3.8, 4) is 11.4 Å². The average molecular weight is 350 g/mol. The third kappa shape index (κ3) is 3.79. The van der Waals surface area contributed by atoms with E-state index in [-0.39, 0.29) is 29.0 Å². The smallest absolute Gasteiger partial charge is 0.368 e. The summed E-state index contributed by atoms with van der Waals surface area (Å²) in [5, 5.41) is 2.56. The van der Waals surface area contributed by atoms with Crippen molar-refractivity contribution in [2.24, 2.45) is 0 Å². The van der Waals surface area contributed by atoms with Crippen LogP contribution in [-0.4, -0.2) is 19.9 Å². The molecule has 0 spiro atoms. The van der Waals surface area contributed by atoms with Crippen LogP contribution in [0, 0.1) is 5.82 Å². The van der Waals surface area contributed by atoms with Gasteiger partial charge in [-0.05, 0) is 18.2 Å². The van der Waals surface area contributed by atoms with Crippen molar-refractivity contribution in [2.75, 3.05) is 11.1 Å². The van der Waals surface area contributed by atoms with E-state index in [2.05, 4.69) is 25.3 Å². The molecule has 0 saturated heterocycles. The standard InChI is InChI=1S/C15H10F4N6/c16-11-4-2-1-3-10(11)12-23-13(20)25-14(24-12)22-9-5-8(6-21-7-9)15(17,18)19/h1-7H,(H3,20,22,23,24,25). The zero-order valence-corrected chi connectivity index (χ0v) is 12.4. The number of hydrogen-bond acceptors (Lipinski definition) is 6. The predicted molar refractivity (Wildman–Crippen MR) is 82.2 cm³/mol. The molecule has 0 fully saturated rings. The lowest BCUT2D eigenvalue weighted by atomic mass is 10.2. The maximum Gasteiger partial charge on any atom is 0.417 e. The molecule has 0 aliphatic rings. The van der Waals surface area contributed by atoms with E-state index in [0.717, 1.165) is 12.3 Å². The van der Waals surface area contributed by atoms with Crippen LogP contribution in [0.3, 0.4) is 0 Å². The summed E-state index contributed by atoms with van der Waals surface area (Å²) in [7, 11) is 0. The minimum atomic E-state index is -4.54. The second-order valence-corrected chi connectivity index (χ2v) is 4.91. The van der Waals surface area contributed by atoms with E-state index < -0.39 is 17.6 Å². The molecule has 0 radical (unpaired) electrons. The third-order valence-corrected chi connectivity index (χ3v) is 3.09. The summed E-state index contributed by atoms with van der Waals surface area (Å²) < 4.78 is 52.0. The molecular weight excluding hydrogens is 340 g/mol. The fraction of sp³-hybridized carbons (Fsp3) is 0.0667. The highest BCUT2D eigenvalue weighted by atomic mass is 19.4. The molecule has 1 aromatic carbocycles. The molecule has 6 nitrogen and oxygen atoms in total. The van der Waals surface area contributed by atoms with Crippen LogP contribution in [-0.2, 0) is 6.18 Å². The van der Waals surface area contributed by atoms with Gasteiger partial charge in [-0.15, -0.1) is 0 Å². The van der Waals surface area contributed by atoms with Gasteiger partial charge in [0.25, 0.3) is 0 Å². The van der Waals surface area contributed by atoms with Gasteiger partial charge in [0.1, 0.15) is 5.82 Å². The number of halogens is 4. The maximum absolute atomic E-state index is 13.9. The topological polar surface area (TPSA) is 89.6 Å². The van der Waals surface area contributed by atoms with Gasteiger partial charge in [-0.25, -0.2) is 4.39 Å². The van der Waals surface area contributed by atoms with E-state index in [1.165, 1.54) is 18.2 Å². The quantitative estimate of drug-likeness (QED) is 0.704. The summed E-state index contributed by atoms with van der Waals surface area (Å²) in [6.45, 7) is 0. The van der Waals surface area contributed by atoms with Crippen molar-refractivity contribution in [1.82, 2.24) is 19.9 Å². The van der Waals surface area contributed by atoms with Crippen LogP contribution in [0.1, 0.15) is 5.56 Å². The van der Waals surface area contributed by atoms with Crippen LogP contribution in [0.25, 0.3) is 11.4 Å². The van der Waals surface area contributed by atoms with Gasteiger partial charge < -0.3 is 11.1 Å². The summed E-state index contributed by atoms with van der Waals surface area (Å²) >= 11 is 0. The lowest BCUT2D eigenvalue weighted by molar-refractivity contribution is -0.137. The molecule has 2 aromatic heterocycles. The Kier molecular flexibility index (Phi) is 4.17. The lowest BCUT2D eigenvalue weighted by Gasteiger charge is -2.10. The first-order valence-corrected chi connectivity index (χ1v) is 6.88. The van der Waals surface area contributed by atoms with E-state index in [1.54, 1.807) is 6.07 Å². The Morgan fingerprint density at radius 1 is 1.00 bits per heavy atom. The van der Waals surface area contributed by atoms with E-state index in [1.807, 2.05) is 0 Å². The Balaban J connectivity index is 1.96. The van der Waals surface area contributed by atoms with Crippen LogP contribution in [0.4, 0.5) is 35.1 Å². The Morgan fingerprint density at radius 3 is 2.48 bits per heavy atom. The molecule has 0 bridgehead atoms. The fourth-order valence-corrected chi connectivity index (χ4v) is 2.00. The molecule has 3 N–H and O–H groups in total. The highest BCUT2D eigenvalue weighted by molar-refractivity contribution is 5.61. The van der Waals surface area contributed by atoms with Crippen molar-refractivity contribution >= 4 is 17.6 Å². The summed E-state index contributed by atoms with van der Waals surface area (Å²) in [4.78, 5) is 15.1. The van der Waals surface area contributed by atoms with Crippen molar-refractivity contribution in [2.45, 2.75) is 6.18 Å². The van der Waals surface area contributed by atoms with E-state index in [9.17, 15) is 17.6 Å². The number of nitrogen functional groups attached to an aromatic ring is 1. The molecule has 0 amide bonds. The lowest BCUT2D eigenvalue weighted by Crippen LogP contribution is -2.08. The first-order valence-electron chi connectivity index (χ1n) is 6.88. The molecular formula is C15H10F4N6. The Morgan fingerprint density at radius 2 is 1.76 bits per heavy atom. The first kappa shape index (κ1) is 16.6. The molecule has 0 saturated carbocycles. The summed E-state index contributed by atoms with van der Waals surface area (Å²) in [5.41, 5.74) is 4.73. The van der Waals surface area contributed by atoms with Gasteiger partial charge >= 0.3 is 6.18 Å². The summed E-state index contributed by atoms with van der Waals surface area (Å²) in [5.74, 6) is -0.963. The van der Waals surface area contributed by atoms with Gasteiger partial charge in [0, 0.05) is 6.20 Å². The van der Waals surface area contributed by atoms with Crippen LogP contribution < -0.4 is 11.1 Å². The SMILES string of the molecule is Nc1nc(Nc2cncc(C(F)(F)F)c2)nc(-c2ccccc2F)n1. The van der Waals surface area contributed by atoms with Crippen LogP contribution >= 0.6 is 0 Å². The second-order valence-electron chi connectivity index (χ2n) is 4.91. The molecule has 0 unspecified atom stereocenters. The van der Waals surface area contributed by atoms with Crippen LogP contribution in [0.15, 0.2) is 42.7 Å². The Bertz CT molecular complexity index is 913. The number of pyridine rings is 1. The minimum absolute atomic E-state index is 0.0000846. The number of nitrogens with two attached hydrogens (primary N) is 1. The first-order chi connectivity index (χ1) is 11.8. The highest BCUT2D eigenvalue weighted by Crippen LogP contribution is 2.30. The minimum Gasteiger partial charge on any atom is -0.368 e. The highest BCUT2D eigenvalue weighted by Gasteiger charge is 2.31. The maximum atomic E-state index is 13.9. The van der Waals surface area contributed by atoms with Gasteiger partial charge in [-0.3, -0.25) is 4.98 Å². The predicted octanol–water partition coefficient (Wildman–Crippen LogP) is 3.42. The van der Waals surface area contributed by atoms with Crippen molar-refractivity contribution in [3.63, 3.8) is 0 Å². The molecule has 0 aliphatic carbocycles. The molecule has 3 aromatic rings. The zero-order valence-electron chi connectivity index (χ0n) is 12.4. The Hall–Kier alpha value is -3.30. The average Bonchev–Trinajstić information content (AvgIpc) is 2.54. The molecule has 2 heterocycles. The van der Waals surface area contributed by atoms with Gasteiger partial charge in [-0.1, -0.05) is 12.1 Å². The van der Waals surface area contributed by atoms with Crippen molar-refractivity contribution in [3.05, 3.63) is 54.1 Å². The van der Waals surface area contributed by atoms with Gasteiger partial charge in [0.2, 0.25) is 11.9 Å². The molecule has 0 atom stereocenters. The van der Waals surface area contributed by atoms with Crippen LogP contribution in [0.2, 0.25) is 0 Å². The fourth-order valence-electron chi connectivity index (χ4n) is 2.00. The normalized spacial score (nSPS) is 11.4. The monoisotopic (exact) mass is 350 g/mol. The number of nitrogens with one attached hydrogen (secondary N) is 1. The zero-order chi connectivity index (χ0) is 18.0. The molecule has 3 rings (SSSR count). The second kappa shape index (κ2) is 6.30. The molecule has 10 heteroatoms. The van der Waals surface area contributed by atoms with Gasteiger partial charge in [-0.2, -0.15) is 28.1 Å². The number of nitrogens with zero attached hydrogens (tertiary/aromatic N) is 4. The number of alkyl halides is 3. The van der Waals surface area contributed by atoms with Crippen molar-refractivity contribution in [1.29, 1.82) is 0 Å². The summed E-state index contributed by atoms with van der Waals surface area (Å²) in [6, 6.07) is 6.59. The largest absolute Gasteiger partial charge is 0.417 e. The number of aromatic nitrogens is 4. The molecule has 0 aliphatic heterocycles.